The largest absolute Gasteiger partial charge is 0.493 e. The summed E-state index contributed by atoms with van der Waals surface area (Å²) in [5.41, 5.74) is 4.21. The van der Waals surface area contributed by atoms with Crippen LogP contribution in [0.5, 0.6) is 23.0 Å². The van der Waals surface area contributed by atoms with Crippen molar-refractivity contribution in [3.63, 3.8) is 0 Å². The topological polar surface area (TPSA) is 54.7 Å². The van der Waals surface area contributed by atoms with E-state index in [0.717, 1.165) is 58.9 Å². The molecule has 0 aliphatic heterocycles. The van der Waals surface area contributed by atoms with Gasteiger partial charge in [0.2, 0.25) is 0 Å². The van der Waals surface area contributed by atoms with Gasteiger partial charge in [-0.15, -0.1) is 6.58 Å². The third-order valence-electron chi connectivity index (χ3n) is 6.03. The number of fused-ring (bicyclic) bond motifs is 1. The van der Waals surface area contributed by atoms with Crippen molar-refractivity contribution >= 4 is 17.1 Å². The number of aryl methyl sites for hydroxylation is 1. The van der Waals surface area contributed by atoms with Gasteiger partial charge in [-0.3, -0.25) is 0 Å². The number of hydrogen-bond acceptors (Lipinski definition) is 5. The molecule has 0 fully saturated rings. The van der Waals surface area contributed by atoms with E-state index < -0.39 is 0 Å². The number of para-hydroxylation sites is 2. The minimum Gasteiger partial charge on any atom is -0.493 e. The van der Waals surface area contributed by atoms with Crippen LogP contribution in [-0.2, 0) is 19.6 Å². The molecule has 0 atom stereocenters. The Hall–Kier alpha value is -4.19. The van der Waals surface area contributed by atoms with Crippen molar-refractivity contribution in [3.8, 4) is 23.0 Å². The second kappa shape index (κ2) is 12.7. The number of ether oxygens (including phenoxy) is 4. The fourth-order valence-electron chi connectivity index (χ4n) is 4.26. The Bertz CT molecular complexity index is 1370. The summed E-state index contributed by atoms with van der Waals surface area (Å²) in [6.45, 7) is 7.42. The third-order valence-corrected chi connectivity index (χ3v) is 6.03. The summed E-state index contributed by atoms with van der Waals surface area (Å²) < 4.78 is 25.5. The molecule has 0 amide bonds. The van der Waals surface area contributed by atoms with Crippen molar-refractivity contribution in [1.29, 1.82) is 0 Å². The Morgan fingerprint density at radius 3 is 2.43 bits per heavy atom. The number of allylic oxidation sites excluding steroid dienone is 2. The van der Waals surface area contributed by atoms with Gasteiger partial charge in [-0.1, -0.05) is 42.5 Å². The van der Waals surface area contributed by atoms with E-state index in [9.17, 15) is 0 Å². The fourth-order valence-corrected chi connectivity index (χ4v) is 4.26. The molecule has 192 valence electrons. The van der Waals surface area contributed by atoms with Crippen molar-refractivity contribution in [2.75, 3.05) is 20.8 Å². The molecule has 0 saturated carbocycles. The SMILES string of the molecule is C=CCc1ccc(OCc2nc3ccccc3n2CCCOc2ccc(/C=C/C)cc2OC)c(OC)c1. The van der Waals surface area contributed by atoms with Crippen molar-refractivity contribution < 1.29 is 18.9 Å². The van der Waals surface area contributed by atoms with Crippen LogP contribution in [0.4, 0.5) is 0 Å². The van der Waals surface area contributed by atoms with E-state index in [1.54, 1.807) is 14.2 Å². The first kappa shape index (κ1) is 25.9. The number of aromatic nitrogens is 2. The molecule has 6 heteroatoms. The molecule has 1 heterocycles. The predicted molar refractivity (Wildman–Crippen MR) is 149 cm³/mol. The van der Waals surface area contributed by atoms with Gasteiger partial charge in [0, 0.05) is 6.54 Å². The Kier molecular flexibility index (Phi) is 8.87. The highest BCUT2D eigenvalue weighted by Crippen LogP contribution is 2.30. The summed E-state index contributed by atoms with van der Waals surface area (Å²) in [7, 11) is 3.31. The Balaban J connectivity index is 1.45. The van der Waals surface area contributed by atoms with Crippen LogP contribution in [0, 0.1) is 0 Å². The zero-order valence-electron chi connectivity index (χ0n) is 21.8. The minimum atomic E-state index is 0.326. The molecular weight excluding hydrogens is 464 g/mol. The molecule has 0 bridgehead atoms. The van der Waals surface area contributed by atoms with Crippen LogP contribution in [0.3, 0.4) is 0 Å². The van der Waals surface area contributed by atoms with Gasteiger partial charge in [-0.05, 0) is 67.3 Å². The Labute approximate surface area is 218 Å². The van der Waals surface area contributed by atoms with Gasteiger partial charge in [0.1, 0.15) is 12.4 Å². The third kappa shape index (κ3) is 6.33. The van der Waals surface area contributed by atoms with Crippen LogP contribution in [0.2, 0.25) is 0 Å². The normalized spacial score (nSPS) is 11.1. The standard InChI is InChI=1S/C31H34N2O4/c1-5-10-23-14-16-27(29(20-23)34-3)36-19-9-18-33-26-13-8-7-12-25(26)32-31(33)22-37-28-17-15-24(11-6-2)21-30(28)35-4/h5-8,10,12-17,20-21H,2,9,11,18-19,22H2,1,3-4H3/b10-5+. The molecule has 4 rings (SSSR count). The zero-order valence-corrected chi connectivity index (χ0v) is 21.8. The van der Waals surface area contributed by atoms with E-state index in [0.29, 0.717) is 24.7 Å². The summed E-state index contributed by atoms with van der Waals surface area (Å²) >= 11 is 0. The average Bonchev–Trinajstić information content (AvgIpc) is 3.28. The maximum absolute atomic E-state index is 6.17. The molecule has 0 aliphatic rings. The molecule has 4 aromatic rings. The van der Waals surface area contributed by atoms with Gasteiger partial charge in [-0.2, -0.15) is 0 Å². The van der Waals surface area contributed by atoms with Crippen LogP contribution in [0.25, 0.3) is 17.1 Å². The molecule has 0 aliphatic carbocycles. The fraction of sp³-hybridized carbons (Fsp3) is 0.258. The number of benzene rings is 3. The van der Waals surface area contributed by atoms with E-state index >= 15 is 0 Å². The van der Waals surface area contributed by atoms with Crippen molar-refractivity contribution in [3.05, 3.63) is 96.3 Å². The summed E-state index contributed by atoms with van der Waals surface area (Å²) in [4.78, 5) is 4.84. The highest BCUT2D eigenvalue weighted by Gasteiger charge is 2.13. The molecule has 0 saturated heterocycles. The maximum Gasteiger partial charge on any atom is 0.161 e. The first-order valence-corrected chi connectivity index (χ1v) is 12.4. The van der Waals surface area contributed by atoms with Gasteiger partial charge in [-0.25, -0.2) is 4.98 Å². The molecule has 3 aromatic carbocycles. The molecular formula is C31H34N2O4. The molecule has 0 spiro atoms. The molecule has 0 radical (unpaired) electrons. The molecule has 1 aromatic heterocycles. The highest BCUT2D eigenvalue weighted by molar-refractivity contribution is 5.75. The highest BCUT2D eigenvalue weighted by atomic mass is 16.5. The molecule has 0 N–H and O–H groups in total. The van der Waals surface area contributed by atoms with E-state index in [-0.39, 0.29) is 0 Å². The summed E-state index contributed by atoms with van der Waals surface area (Å²) in [6.07, 6.45) is 7.48. The molecule has 6 nitrogen and oxygen atoms in total. The van der Waals surface area contributed by atoms with E-state index in [4.69, 9.17) is 23.9 Å². The van der Waals surface area contributed by atoms with Gasteiger partial charge in [0.05, 0.1) is 31.9 Å². The van der Waals surface area contributed by atoms with Crippen molar-refractivity contribution in [1.82, 2.24) is 9.55 Å². The minimum absolute atomic E-state index is 0.326. The number of nitrogens with zero attached hydrogens (tertiary/aromatic N) is 2. The second-order valence-electron chi connectivity index (χ2n) is 8.55. The summed E-state index contributed by atoms with van der Waals surface area (Å²) in [5.74, 6) is 3.70. The van der Waals surface area contributed by atoms with Gasteiger partial charge in [0.25, 0.3) is 0 Å². The van der Waals surface area contributed by atoms with Gasteiger partial charge in [0.15, 0.2) is 23.0 Å². The number of rotatable bonds is 13. The average molecular weight is 499 g/mol. The lowest BCUT2D eigenvalue weighted by molar-refractivity contribution is 0.264. The lowest BCUT2D eigenvalue weighted by Gasteiger charge is -2.14. The van der Waals surface area contributed by atoms with Gasteiger partial charge >= 0.3 is 0 Å². The zero-order chi connectivity index (χ0) is 26.0. The van der Waals surface area contributed by atoms with E-state index in [1.807, 2.05) is 79.7 Å². The van der Waals surface area contributed by atoms with Gasteiger partial charge < -0.3 is 23.5 Å². The van der Waals surface area contributed by atoms with Crippen LogP contribution in [0.1, 0.15) is 30.3 Å². The summed E-state index contributed by atoms with van der Waals surface area (Å²) in [5, 5.41) is 0. The quantitative estimate of drug-likeness (QED) is 0.149. The monoisotopic (exact) mass is 498 g/mol. The van der Waals surface area contributed by atoms with E-state index in [1.165, 1.54) is 0 Å². The number of imidazole rings is 1. The smallest absolute Gasteiger partial charge is 0.161 e. The molecule has 0 unspecified atom stereocenters. The van der Waals surface area contributed by atoms with Crippen LogP contribution in [-0.4, -0.2) is 30.4 Å². The first-order valence-electron chi connectivity index (χ1n) is 12.4. The number of methoxy groups -OCH3 is 2. The Morgan fingerprint density at radius 2 is 1.65 bits per heavy atom. The van der Waals surface area contributed by atoms with Crippen LogP contribution < -0.4 is 18.9 Å². The van der Waals surface area contributed by atoms with E-state index in [2.05, 4.69) is 17.2 Å². The predicted octanol–water partition coefficient (Wildman–Crippen LogP) is 6.86. The lowest BCUT2D eigenvalue weighted by Crippen LogP contribution is -2.10. The van der Waals surface area contributed by atoms with Crippen LogP contribution in [0.15, 0.2) is 79.4 Å². The number of hydrogen-bond donors (Lipinski definition) is 0. The van der Waals surface area contributed by atoms with Crippen LogP contribution >= 0.6 is 0 Å². The lowest BCUT2D eigenvalue weighted by atomic mass is 10.1. The maximum atomic E-state index is 6.17. The summed E-state index contributed by atoms with van der Waals surface area (Å²) in [6, 6.07) is 20.0. The van der Waals surface area contributed by atoms with Crippen molar-refractivity contribution in [2.24, 2.45) is 0 Å². The first-order chi connectivity index (χ1) is 18.2. The van der Waals surface area contributed by atoms with Crippen molar-refractivity contribution in [2.45, 2.75) is 32.9 Å². The molecule has 37 heavy (non-hydrogen) atoms. The Morgan fingerprint density at radius 1 is 0.892 bits per heavy atom. The second-order valence-corrected chi connectivity index (χ2v) is 8.55.